The summed E-state index contributed by atoms with van der Waals surface area (Å²) in [6, 6.07) is 17.6. The lowest BCUT2D eigenvalue weighted by Gasteiger charge is -2.32. The third kappa shape index (κ3) is 5.75. The number of nitrogens with zero attached hydrogens (tertiary/aromatic N) is 1. The number of carbonyl (C=O) groups excluding carboxylic acids is 2. The summed E-state index contributed by atoms with van der Waals surface area (Å²) in [6.07, 6.45) is 4.35. The van der Waals surface area contributed by atoms with Crippen LogP contribution in [0.15, 0.2) is 66.0 Å². The SMILES string of the molecule is COc1ccc([C@H](C(=O)NC2CCCC2)N(C(=O)Cc2cccs2)c2ccc(Cl)cc2)cc1. The van der Waals surface area contributed by atoms with Gasteiger partial charge in [-0.2, -0.15) is 0 Å². The van der Waals surface area contributed by atoms with Gasteiger partial charge < -0.3 is 10.1 Å². The number of ether oxygens (including phenoxy) is 1. The van der Waals surface area contributed by atoms with Gasteiger partial charge in [0.15, 0.2) is 0 Å². The van der Waals surface area contributed by atoms with Crippen molar-refractivity contribution in [1.29, 1.82) is 0 Å². The first-order chi connectivity index (χ1) is 16.0. The highest BCUT2D eigenvalue weighted by Gasteiger charge is 2.34. The molecule has 0 unspecified atom stereocenters. The smallest absolute Gasteiger partial charge is 0.248 e. The van der Waals surface area contributed by atoms with E-state index in [0.717, 1.165) is 36.1 Å². The maximum Gasteiger partial charge on any atom is 0.248 e. The summed E-state index contributed by atoms with van der Waals surface area (Å²) in [4.78, 5) is 29.9. The second kappa shape index (κ2) is 10.9. The van der Waals surface area contributed by atoms with E-state index in [2.05, 4.69) is 5.32 Å². The van der Waals surface area contributed by atoms with Crippen LogP contribution < -0.4 is 15.0 Å². The van der Waals surface area contributed by atoms with Crippen LogP contribution in [-0.4, -0.2) is 25.0 Å². The number of halogens is 1. The Bertz CT molecular complexity index is 1060. The van der Waals surface area contributed by atoms with Gasteiger partial charge in [0.1, 0.15) is 11.8 Å². The molecule has 33 heavy (non-hydrogen) atoms. The first-order valence-electron chi connectivity index (χ1n) is 11.1. The number of anilines is 1. The van der Waals surface area contributed by atoms with Gasteiger partial charge in [-0.25, -0.2) is 0 Å². The lowest BCUT2D eigenvalue weighted by molar-refractivity contribution is -0.127. The molecular weight excluding hydrogens is 456 g/mol. The van der Waals surface area contributed by atoms with Gasteiger partial charge in [0, 0.05) is 21.6 Å². The minimum Gasteiger partial charge on any atom is -0.497 e. The largest absolute Gasteiger partial charge is 0.497 e. The quantitative estimate of drug-likeness (QED) is 0.442. The first-order valence-corrected chi connectivity index (χ1v) is 12.4. The van der Waals surface area contributed by atoms with E-state index >= 15 is 0 Å². The molecule has 0 aliphatic heterocycles. The molecule has 0 saturated heterocycles. The predicted octanol–water partition coefficient (Wildman–Crippen LogP) is 5.79. The summed E-state index contributed by atoms with van der Waals surface area (Å²) in [7, 11) is 1.60. The summed E-state index contributed by atoms with van der Waals surface area (Å²) in [5.74, 6) is 0.361. The van der Waals surface area contributed by atoms with Gasteiger partial charge in [-0.05, 0) is 66.2 Å². The van der Waals surface area contributed by atoms with Gasteiger partial charge in [0.05, 0.1) is 13.5 Å². The van der Waals surface area contributed by atoms with Gasteiger partial charge in [0.25, 0.3) is 0 Å². The standard InChI is InChI=1S/C26H27ClN2O3S/c1-32-22-14-8-18(9-15-22)25(26(31)28-20-5-2-3-6-20)29(21-12-10-19(27)11-13-21)24(30)17-23-7-4-16-33-23/h4,7-16,20,25H,2-3,5-6,17H2,1H3,(H,28,31)/t25-/m1/s1. The fourth-order valence-corrected chi connectivity index (χ4v) is 5.06. The topological polar surface area (TPSA) is 58.6 Å². The molecule has 5 nitrogen and oxygen atoms in total. The predicted molar refractivity (Wildman–Crippen MR) is 133 cm³/mol. The Morgan fingerprint density at radius 3 is 2.39 bits per heavy atom. The molecule has 1 fully saturated rings. The van der Waals surface area contributed by atoms with Gasteiger partial charge in [-0.3, -0.25) is 14.5 Å². The van der Waals surface area contributed by atoms with Crippen LogP contribution >= 0.6 is 22.9 Å². The Morgan fingerprint density at radius 1 is 1.09 bits per heavy atom. The van der Waals surface area contributed by atoms with Crippen molar-refractivity contribution in [2.75, 3.05) is 12.0 Å². The minimum atomic E-state index is -0.815. The van der Waals surface area contributed by atoms with Crippen molar-refractivity contribution in [3.05, 3.63) is 81.5 Å². The van der Waals surface area contributed by atoms with Crippen LogP contribution in [0.3, 0.4) is 0 Å². The Hall–Kier alpha value is -2.83. The van der Waals surface area contributed by atoms with E-state index in [1.807, 2.05) is 41.8 Å². The first kappa shape index (κ1) is 23.3. The van der Waals surface area contributed by atoms with Crippen LogP contribution in [0.4, 0.5) is 5.69 Å². The lowest BCUT2D eigenvalue weighted by Crippen LogP contribution is -2.46. The van der Waals surface area contributed by atoms with Crippen LogP contribution in [-0.2, 0) is 16.0 Å². The second-order valence-corrected chi connectivity index (χ2v) is 9.63. The Morgan fingerprint density at radius 2 is 1.79 bits per heavy atom. The van der Waals surface area contributed by atoms with E-state index < -0.39 is 6.04 Å². The van der Waals surface area contributed by atoms with Crippen LogP contribution in [0.1, 0.15) is 42.2 Å². The van der Waals surface area contributed by atoms with E-state index in [1.54, 1.807) is 36.3 Å². The van der Waals surface area contributed by atoms with Crippen molar-refractivity contribution < 1.29 is 14.3 Å². The molecule has 2 aromatic carbocycles. The Labute approximate surface area is 203 Å². The minimum absolute atomic E-state index is 0.137. The molecular formula is C26H27ClN2O3S. The zero-order chi connectivity index (χ0) is 23.2. The summed E-state index contributed by atoms with van der Waals surface area (Å²) < 4.78 is 5.30. The molecule has 1 saturated carbocycles. The van der Waals surface area contributed by atoms with Crippen LogP contribution in [0.5, 0.6) is 5.75 Å². The highest BCUT2D eigenvalue weighted by atomic mass is 35.5. The summed E-state index contributed by atoms with van der Waals surface area (Å²) >= 11 is 7.65. The number of rotatable bonds is 8. The average molecular weight is 483 g/mol. The highest BCUT2D eigenvalue weighted by molar-refractivity contribution is 7.10. The Kier molecular flexibility index (Phi) is 7.68. The zero-order valence-corrected chi connectivity index (χ0v) is 20.1. The second-order valence-electron chi connectivity index (χ2n) is 8.16. The number of thiophene rings is 1. The number of benzene rings is 2. The normalized spacial score (nSPS) is 14.6. The maximum atomic E-state index is 13.7. The Balaban J connectivity index is 1.75. The lowest BCUT2D eigenvalue weighted by atomic mass is 10.0. The molecule has 1 atom stereocenters. The van der Waals surface area contributed by atoms with Gasteiger partial charge >= 0.3 is 0 Å². The molecule has 3 aromatic rings. The van der Waals surface area contributed by atoms with E-state index in [-0.39, 0.29) is 24.3 Å². The number of methoxy groups -OCH3 is 1. The summed E-state index contributed by atoms with van der Waals surface area (Å²) in [5, 5.41) is 5.71. The fraction of sp³-hybridized carbons (Fsp3) is 0.308. The molecule has 1 N–H and O–H groups in total. The molecule has 4 rings (SSSR count). The van der Waals surface area contributed by atoms with Crippen LogP contribution in [0.25, 0.3) is 0 Å². The molecule has 1 heterocycles. The molecule has 0 bridgehead atoms. The number of amides is 2. The third-order valence-electron chi connectivity index (χ3n) is 5.92. The van der Waals surface area contributed by atoms with E-state index in [9.17, 15) is 9.59 Å². The molecule has 1 aliphatic carbocycles. The molecule has 0 radical (unpaired) electrons. The van der Waals surface area contributed by atoms with Crippen LogP contribution in [0, 0.1) is 0 Å². The van der Waals surface area contributed by atoms with Gasteiger partial charge in [0.2, 0.25) is 11.8 Å². The third-order valence-corrected chi connectivity index (χ3v) is 7.05. The zero-order valence-electron chi connectivity index (χ0n) is 18.5. The van der Waals surface area contributed by atoms with Crippen molar-refractivity contribution in [2.45, 2.75) is 44.2 Å². The fourth-order valence-electron chi connectivity index (χ4n) is 4.24. The monoisotopic (exact) mass is 482 g/mol. The summed E-state index contributed by atoms with van der Waals surface area (Å²) in [6.45, 7) is 0. The average Bonchev–Trinajstić information content (AvgIpc) is 3.53. The number of hydrogen-bond acceptors (Lipinski definition) is 4. The number of hydrogen-bond donors (Lipinski definition) is 1. The highest BCUT2D eigenvalue weighted by Crippen LogP contribution is 2.32. The molecule has 172 valence electrons. The van der Waals surface area contributed by atoms with Crippen molar-refractivity contribution in [3.63, 3.8) is 0 Å². The van der Waals surface area contributed by atoms with E-state index in [4.69, 9.17) is 16.3 Å². The molecule has 7 heteroatoms. The molecule has 1 aromatic heterocycles. The van der Waals surface area contributed by atoms with Crippen molar-refractivity contribution in [1.82, 2.24) is 5.32 Å². The van der Waals surface area contributed by atoms with Crippen LogP contribution in [0.2, 0.25) is 5.02 Å². The molecule has 2 amide bonds. The summed E-state index contributed by atoms with van der Waals surface area (Å²) in [5.41, 5.74) is 1.35. The maximum absolute atomic E-state index is 13.7. The van der Waals surface area contributed by atoms with Gasteiger partial charge in [-0.1, -0.05) is 42.6 Å². The van der Waals surface area contributed by atoms with Crippen molar-refractivity contribution >= 4 is 40.4 Å². The van der Waals surface area contributed by atoms with Crippen molar-refractivity contribution in [2.24, 2.45) is 0 Å². The van der Waals surface area contributed by atoms with Crippen molar-refractivity contribution in [3.8, 4) is 5.75 Å². The van der Waals surface area contributed by atoms with E-state index in [0.29, 0.717) is 16.5 Å². The number of carbonyl (C=O) groups is 2. The number of nitrogens with one attached hydrogen (secondary N) is 1. The van der Waals surface area contributed by atoms with E-state index in [1.165, 1.54) is 11.3 Å². The molecule has 1 aliphatic rings. The molecule has 0 spiro atoms. The van der Waals surface area contributed by atoms with Gasteiger partial charge in [-0.15, -0.1) is 11.3 Å².